The summed E-state index contributed by atoms with van der Waals surface area (Å²) in [5.74, 6) is 0.0268. The zero-order valence-electron chi connectivity index (χ0n) is 14.1. The average Bonchev–Trinajstić information content (AvgIpc) is 3.23. The van der Waals surface area contributed by atoms with Gasteiger partial charge in [0, 0.05) is 31.9 Å². The molecule has 5 heterocycles. The fraction of sp³-hybridized carbons (Fsp3) is 0.500. The van der Waals surface area contributed by atoms with Crippen LogP contribution in [0.15, 0.2) is 24.5 Å². The Kier molecular flexibility index (Phi) is 3.01. The third kappa shape index (κ3) is 1.93. The molecule has 0 aromatic carbocycles. The Labute approximate surface area is 145 Å². The second-order valence-electron chi connectivity index (χ2n) is 7.10. The molecular formula is C18H20N4O3. The number of carbonyl (C=O) groups excluding carboxylic acids is 2. The van der Waals surface area contributed by atoms with E-state index < -0.39 is 5.72 Å². The monoisotopic (exact) mass is 340 g/mol. The molecule has 3 fully saturated rings. The standard InChI is InChI=1S/C18H20N4O3/c1-12-11-20-6-2-4-13(16(20)19-12)17(24)21-8-5-18-14(21)10-15(23)22(18)7-3-9-25-18/h2,4,6,11,14H,3,5,7-10H2,1H3/t14-,18+/m1/s1. The van der Waals surface area contributed by atoms with Gasteiger partial charge in [0.15, 0.2) is 5.72 Å². The molecule has 3 aliphatic heterocycles. The number of ether oxygens (including phenoxy) is 1. The van der Waals surface area contributed by atoms with E-state index in [2.05, 4.69) is 4.98 Å². The van der Waals surface area contributed by atoms with E-state index in [-0.39, 0.29) is 17.9 Å². The molecule has 130 valence electrons. The second kappa shape index (κ2) is 5.05. The summed E-state index contributed by atoms with van der Waals surface area (Å²) in [7, 11) is 0. The molecule has 0 radical (unpaired) electrons. The topological polar surface area (TPSA) is 67.2 Å². The number of hydrogen-bond acceptors (Lipinski definition) is 4. The lowest BCUT2D eigenvalue weighted by Gasteiger charge is -2.42. The Balaban J connectivity index is 1.53. The van der Waals surface area contributed by atoms with Crippen molar-refractivity contribution in [1.29, 1.82) is 0 Å². The minimum absolute atomic E-state index is 0.0677. The van der Waals surface area contributed by atoms with Crippen molar-refractivity contribution in [3.63, 3.8) is 0 Å². The summed E-state index contributed by atoms with van der Waals surface area (Å²) in [5.41, 5.74) is 1.50. The molecule has 0 saturated carbocycles. The number of amides is 2. The molecule has 0 bridgehead atoms. The number of imidazole rings is 1. The first kappa shape index (κ1) is 14.9. The Hall–Kier alpha value is -2.41. The zero-order chi connectivity index (χ0) is 17.2. The van der Waals surface area contributed by atoms with Gasteiger partial charge in [-0.1, -0.05) is 0 Å². The highest BCUT2D eigenvalue weighted by Gasteiger charge is 2.61. The summed E-state index contributed by atoms with van der Waals surface area (Å²) in [6.45, 7) is 3.90. The van der Waals surface area contributed by atoms with Gasteiger partial charge in [0.2, 0.25) is 5.91 Å². The normalized spacial score (nSPS) is 28.5. The van der Waals surface area contributed by atoms with Crippen LogP contribution in [0, 0.1) is 6.92 Å². The van der Waals surface area contributed by atoms with Gasteiger partial charge in [-0.25, -0.2) is 4.98 Å². The van der Waals surface area contributed by atoms with E-state index in [0.29, 0.717) is 37.2 Å². The third-order valence-corrected chi connectivity index (χ3v) is 5.71. The van der Waals surface area contributed by atoms with Crippen molar-refractivity contribution in [2.24, 2.45) is 0 Å². The number of nitrogens with zero attached hydrogens (tertiary/aromatic N) is 4. The number of aromatic nitrogens is 2. The van der Waals surface area contributed by atoms with E-state index in [1.54, 1.807) is 0 Å². The minimum atomic E-state index is -0.610. The molecular weight excluding hydrogens is 320 g/mol. The van der Waals surface area contributed by atoms with Crippen LogP contribution in [0.1, 0.15) is 35.3 Å². The van der Waals surface area contributed by atoms with Crippen LogP contribution in [-0.2, 0) is 9.53 Å². The summed E-state index contributed by atoms with van der Waals surface area (Å²) in [6.07, 6.45) is 5.69. The van der Waals surface area contributed by atoms with Gasteiger partial charge in [-0.15, -0.1) is 0 Å². The number of hydrogen-bond donors (Lipinski definition) is 0. The maximum Gasteiger partial charge on any atom is 0.258 e. The van der Waals surface area contributed by atoms with Gasteiger partial charge in [-0.05, 0) is 25.5 Å². The van der Waals surface area contributed by atoms with E-state index in [9.17, 15) is 9.59 Å². The summed E-state index contributed by atoms with van der Waals surface area (Å²) in [5, 5.41) is 0. The Morgan fingerprint density at radius 1 is 1.40 bits per heavy atom. The van der Waals surface area contributed by atoms with Crippen molar-refractivity contribution in [1.82, 2.24) is 19.2 Å². The van der Waals surface area contributed by atoms with Crippen molar-refractivity contribution in [3.8, 4) is 0 Å². The second-order valence-corrected chi connectivity index (χ2v) is 7.10. The van der Waals surface area contributed by atoms with Crippen molar-refractivity contribution in [2.75, 3.05) is 19.7 Å². The highest BCUT2D eigenvalue weighted by atomic mass is 16.5. The number of carbonyl (C=O) groups is 2. The van der Waals surface area contributed by atoms with E-state index in [1.165, 1.54) is 0 Å². The lowest BCUT2D eigenvalue weighted by atomic mass is 10.0. The van der Waals surface area contributed by atoms with Crippen LogP contribution in [0.4, 0.5) is 0 Å². The van der Waals surface area contributed by atoms with Gasteiger partial charge < -0.3 is 18.9 Å². The van der Waals surface area contributed by atoms with Gasteiger partial charge in [-0.2, -0.15) is 0 Å². The van der Waals surface area contributed by atoms with Gasteiger partial charge in [-0.3, -0.25) is 9.59 Å². The van der Waals surface area contributed by atoms with E-state index in [0.717, 1.165) is 18.7 Å². The van der Waals surface area contributed by atoms with E-state index in [4.69, 9.17) is 4.74 Å². The number of fused-ring (bicyclic) bond motifs is 1. The minimum Gasteiger partial charge on any atom is -0.353 e. The van der Waals surface area contributed by atoms with Crippen molar-refractivity contribution in [3.05, 3.63) is 35.8 Å². The summed E-state index contributed by atoms with van der Waals surface area (Å²) >= 11 is 0. The SMILES string of the molecule is Cc1cn2cccc(C(=O)N3CC[C@@]45OCCCN4C(=O)C[C@@H]35)c2n1. The first-order chi connectivity index (χ1) is 12.1. The number of rotatable bonds is 1. The number of likely N-dealkylation sites (tertiary alicyclic amines) is 1. The summed E-state index contributed by atoms with van der Waals surface area (Å²) < 4.78 is 7.95. The maximum atomic E-state index is 13.3. The fourth-order valence-corrected chi connectivity index (χ4v) is 4.65. The lowest BCUT2D eigenvalue weighted by molar-refractivity contribution is -0.179. The molecule has 2 atom stereocenters. The lowest BCUT2D eigenvalue weighted by Crippen LogP contribution is -2.56. The number of aryl methyl sites for hydroxylation is 1. The van der Waals surface area contributed by atoms with Crippen LogP contribution >= 0.6 is 0 Å². The molecule has 0 N–H and O–H groups in total. The average molecular weight is 340 g/mol. The van der Waals surface area contributed by atoms with Crippen LogP contribution in [0.5, 0.6) is 0 Å². The van der Waals surface area contributed by atoms with E-state index in [1.807, 2.05) is 45.7 Å². The highest BCUT2D eigenvalue weighted by Crippen LogP contribution is 2.45. The Morgan fingerprint density at radius 2 is 2.28 bits per heavy atom. The molecule has 2 aromatic rings. The third-order valence-electron chi connectivity index (χ3n) is 5.71. The Bertz CT molecular complexity index is 892. The first-order valence-corrected chi connectivity index (χ1v) is 8.80. The van der Waals surface area contributed by atoms with Crippen LogP contribution in [0.25, 0.3) is 5.65 Å². The van der Waals surface area contributed by atoms with Crippen molar-refractivity contribution in [2.45, 2.75) is 38.0 Å². The maximum absolute atomic E-state index is 13.3. The quantitative estimate of drug-likeness (QED) is 0.782. The molecule has 2 aromatic heterocycles. The van der Waals surface area contributed by atoms with Crippen LogP contribution in [0.3, 0.4) is 0 Å². The molecule has 7 heteroatoms. The molecule has 1 spiro atoms. The van der Waals surface area contributed by atoms with Gasteiger partial charge in [0.05, 0.1) is 30.3 Å². The number of pyridine rings is 1. The van der Waals surface area contributed by atoms with Crippen LogP contribution in [-0.4, -0.2) is 62.5 Å². The van der Waals surface area contributed by atoms with Crippen LogP contribution in [0.2, 0.25) is 0 Å². The molecule has 2 amide bonds. The largest absolute Gasteiger partial charge is 0.353 e. The molecule has 5 rings (SSSR count). The molecule has 25 heavy (non-hydrogen) atoms. The van der Waals surface area contributed by atoms with Crippen molar-refractivity contribution >= 4 is 17.5 Å². The van der Waals surface area contributed by atoms with Crippen molar-refractivity contribution < 1.29 is 14.3 Å². The molecule has 3 saturated heterocycles. The first-order valence-electron chi connectivity index (χ1n) is 8.80. The predicted molar refractivity (Wildman–Crippen MR) is 89.0 cm³/mol. The van der Waals surface area contributed by atoms with Crippen LogP contribution < -0.4 is 0 Å². The van der Waals surface area contributed by atoms with Gasteiger partial charge >= 0.3 is 0 Å². The van der Waals surface area contributed by atoms with E-state index >= 15 is 0 Å². The zero-order valence-corrected chi connectivity index (χ0v) is 14.1. The molecule has 0 unspecified atom stereocenters. The molecule has 0 aliphatic carbocycles. The van der Waals surface area contributed by atoms with Gasteiger partial charge in [0.1, 0.15) is 5.65 Å². The molecule has 7 nitrogen and oxygen atoms in total. The predicted octanol–water partition coefficient (Wildman–Crippen LogP) is 1.21. The molecule has 3 aliphatic rings. The summed E-state index contributed by atoms with van der Waals surface area (Å²) in [4.78, 5) is 33.9. The van der Waals surface area contributed by atoms with Gasteiger partial charge in [0.25, 0.3) is 5.91 Å². The Morgan fingerprint density at radius 3 is 3.16 bits per heavy atom. The highest BCUT2D eigenvalue weighted by molar-refractivity contribution is 6.01. The smallest absolute Gasteiger partial charge is 0.258 e. The fourth-order valence-electron chi connectivity index (χ4n) is 4.65. The summed E-state index contributed by atoms with van der Waals surface area (Å²) in [6, 6.07) is 3.46.